The summed E-state index contributed by atoms with van der Waals surface area (Å²) in [5.41, 5.74) is 0. The Labute approximate surface area is 104 Å². The zero-order valence-corrected chi connectivity index (χ0v) is 11.7. The van der Waals surface area contributed by atoms with Crippen molar-refractivity contribution in [2.24, 2.45) is 16.0 Å². The molecular weight excluding hydrogens is 240 g/mol. The highest BCUT2D eigenvalue weighted by Gasteiger charge is 2.03. The van der Waals surface area contributed by atoms with Crippen LogP contribution in [0.2, 0.25) is 0 Å². The third kappa shape index (κ3) is 11.4. The molecule has 0 aromatic rings. The Kier molecular flexibility index (Phi) is 7.90. The molecule has 0 aliphatic carbocycles. The lowest BCUT2D eigenvalue weighted by Gasteiger charge is -2.11. The molecule has 0 saturated heterocycles. The summed E-state index contributed by atoms with van der Waals surface area (Å²) >= 11 is 0. The SMILES string of the molecule is CCNC(=NCCC(C)C)NCCS(N)(=O)=O. The maximum Gasteiger partial charge on any atom is 0.210 e. The maximum atomic E-state index is 10.8. The van der Waals surface area contributed by atoms with Gasteiger partial charge in [0.25, 0.3) is 0 Å². The number of guanidine groups is 1. The van der Waals surface area contributed by atoms with Gasteiger partial charge in [0.1, 0.15) is 0 Å². The molecule has 0 bridgehead atoms. The van der Waals surface area contributed by atoms with Crippen molar-refractivity contribution in [3.8, 4) is 0 Å². The molecule has 0 atom stereocenters. The van der Waals surface area contributed by atoms with Gasteiger partial charge in [0, 0.05) is 19.6 Å². The van der Waals surface area contributed by atoms with Gasteiger partial charge in [-0.25, -0.2) is 13.6 Å². The number of aliphatic imine (C=N–C) groups is 1. The van der Waals surface area contributed by atoms with E-state index >= 15 is 0 Å². The van der Waals surface area contributed by atoms with Crippen molar-refractivity contribution >= 4 is 16.0 Å². The Morgan fingerprint density at radius 1 is 1.35 bits per heavy atom. The van der Waals surface area contributed by atoms with E-state index in [0.717, 1.165) is 19.5 Å². The van der Waals surface area contributed by atoms with Crippen LogP contribution < -0.4 is 15.8 Å². The zero-order valence-electron chi connectivity index (χ0n) is 10.9. The molecule has 0 aromatic heterocycles. The summed E-state index contributed by atoms with van der Waals surface area (Å²) in [5, 5.41) is 10.9. The number of nitrogens with two attached hydrogens (primary N) is 1. The Morgan fingerprint density at radius 3 is 2.47 bits per heavy atom. The second kappa shape index (κ2) is 8.30. The monoisotopic (exact) mass is 264 g/mol. The van der Waals surface area contributed by atoms with Gasteiger partial charge in [0.2, 0.25) is 10.0 Å². The van der Waals surface area contributed by atoms with Crippen molar-refractivity contribution < 1.29 is 8.42 Å². The highest BCUT2D eigenvalue weighted by atomic mass is 32.2. The number of nitrogens with zero attached hydrogens (tertiary/aromatic N) is 1. The Morgan fingerprint density at radius 2 is 2.00 bits per heavy atom. The fourth-order valence-corrected chi connectivity index (χ4v) is 1.47. The van der Waals surface area contributed by atoms with Crippen LogP contribution in [0.25, 0.3) is 0 Å². The molecule has 0 saturated carbocycles. The first-order valence-corrected chi connectivity index (χ1v) is 7.59. The second-order valence-corrected chi connectivity index (χ2v) is 5.97. The van der Waals surface area contributed by atoms with Crippen LogP contribution in [0.15, 0.2) is 4.99 Å². The molecular formula is C10H24N4O2S. The predicted octanol–water partition coefficient (Wildman–Crippen LogP) is -0.124. The van der Waals surface area contributed by atoms with Crippen molar-refractivity contribution in [3.05, 3.63) is 0 Å². The van der Waals surface area contributed by atoms with Gasteiger partial charge in [0.15, 0.2) is 5.96 Å². The van der Waals surface area contributed by atoms with Crippen molar-refractivity contribution in [1.29, 1.82) is 0 Å². The quantitative estimate of drug-likeness (QED) is 0.441. The summed E-state index contributed by atoms with van der Waals surface area (Å²) in [5.74, 6) is 1.14. The molecule has 6 nitrogen and oxygen atoms in total. The van der Waals surface area contributed by atoms with Gasteiger partial charge < -0.3 is 10.6 Å². The zero-order chi connectivity index (χ0) is 13.3. The van der Waals surface area contributed by atoms with Crippen molar-refractivity contribution in [3.63, 3.8) is 0 Å². The Hall–Kier alpha value is -0.820. The first-order valence-electron chi connectivity index (χ1n) is 5.87. The molecule has 0 spiro atoms. The highest BCUT2D eigenvalue weighted by molar-refractivity contribution is 7.89. The summed E-state index contributed by atoms with van der Waals surface area (Å²) in [6, 6.07) is 0. The summed E-state index contributed by atoms with van der Waals surface area (Å²) in [6.07, 6.45) is 1.01. The van der Waals surface area contributed by atoms with Gasteiger partial charge in [-0.1, -0.05) is 13.8 Å². The average Bonchev–Trinajstić information content (AvgIpc) is 2.15. The van der Waals surface area contributed by atoms with Crippen LogP contribution in [0.1, 0.15) is 27.2 Å². The van der Waals surface area contributed by atoms with Crippen LogP contribution in [0.4, 0.5) is 0 Å². The van der Waals surface area contributed by atoms with E-state index in [1.54, 1.807) is 0 Å². The van der Waals surface area contributed by atoms with Gasteiger partial charge in [-0.3, -0.25) is 4.99 Å². The van der Waals surface area contributed by atoms with Gasteiger partial charge in [-0.15, -0.1) is 0 Å². The summed E-state index contributed by atoms with van der Waals surface area (Å²) in [7, 11) is -3.41. The third-order valence-electron chi connectivity index (χ3n) is 2.00. The lowest BCUT2D eigenvalue weighted by atomic mass is 10.1. The van der Waals surface area contributed by atoms with E-state index in [1.807, 2.05) is 6.92 Å². The minimum Gasteiger partial charge on any atom is -0.357 e. The summed E-state index contributed by atoms with van der Waals surface area (Å²) in [4.78, 5) is 4.33. The van der Waals surface area contributed by atoms with Crippen molar-refractivity contribution in [2.45, 2.75) is 27.2 Å². The number of nitrogens with one attached hydrogen (secondary N) is 2. The second-order valence-electron chi connectivity index (χ2n) is 4.24. The topological polar surface area (TPSA) is 96.6 Å². The lowest BCUT2D eigenvalue weighted by molar-refractivity contribution is 0.593. The molecule has 0 heterocycles. The largest absolute Gasteiger partial charge is 0.357 e. The van der Waals surface area contributed by atoms with Crippen LogP contribution >= 0.6 is 0 Å². The fourth-order valence-electron chi connectivity index (χ4n) is 1.09. The first-order chi connectivity index (χ1) is 7.85. The average molecular weight is 264 g/mol. The van der Waals surface area contributed by atoms with E-state index < -0.39 is 10.0 Å². The van der Waals surface area contributed by atoms with Crippen LogP contribution in [0, 0.1) is 5.92 Å². The highest BCUT2D eigenvalue weighted by Crippen LogP contribution is 1.98. The predicted molar refractivity (Wildman–Crippen MR) is 71.4 cm³/mol. The van der Waals surface area contributed by atoms with E-state index in [9.17, 15) is 8.42 Å². The summed E-state index contributed by atoms with van der Waals surface area (Å²) in [6.45, 7) is 7.96. The standard InChI is InChI=1S/C10H24N4O2S/c1-4-12-10(13-6-5-9(2)3)14-7-8-17(11,15)16/h9H,4-8H2,1-3H3,(H2,11,15,16)(H2,12,13,14). The van der Waals surface area contributed by atoms with Crippen molar-refractivity contribution in [1.82, 2.24) is 10.6 Å². The molecule has 4 N–H and O–H groups in total. The smallest absolute Gasteiger partial charge is 0.210 e. The molecule has 0 rings (SSSR count). The van der Waals surface area contributed by atoms with E-state index in [0.29, 0.717) is 11.9 Å². The van der Waals surface area contributed by atoms with E-state index in [1.165, 1.54) is 0 Å². The van der Waals surface area contributed by atoms with Crippen LogP contribution in [0.5, 0.6) is 0 Å². The van der Waals surface area contributed by atoms with Crippen molar-refractivity contribution in [2.75, 3.05) is 25.4 Å². The molecule has 0 radical (unpaired) electrons. The van der Waals surface area contributed by atoms with E-state index in [-0.39, 0.29) is 12.3 Å². The van der Waals surface area contributed by atoms with Gasteiger partial charge in [0.05, 0.1) is 5.75 Å². The Balaban J connectivity index is 4.05. The molecule has 0 amide bonds. The third-order valence-corrected chi connectivity index (χ3v) is 2.77. The first kappa shape index (κ1) is 16.2. The molecule has 0 aliphatic heterocycles. The van der Waals surface area contributed by atoms with Gasteiger partial charge in [-0.05, 0) is 19.3 Å². The van der Waals surface area contributed by atoms with Crippen LogP contribution in [0.3, 0.4) is 0 Å². The molecule has 0 unspecified atom stereocenters. The van der Waals surface area contributed by atoms with E-state index in [2.05, 4.69) is 29.5 Å². The molecule has 17 heavy (non-hydrogen) atoms. The number of rotatable bonds is 7. The number of hydrogen-bond donors (Lipinski definition) is 3. The minimum atomic E-state index is -3.41. The number of hydrogen-bond acceptors (Lipinski definition) is 3. The molecule has 0 aliphatic rings. The minimum absolute atomic E-state index is 0.0956. The lowest BCUT2D eigenvalue weighted by Crippen LogP contribution is -2.40. The molecule has 0 fully saturated rings. The molecule has 102 valence electrons. The number of primary sulfonamides is 1. The van der Waals surface area contributed by atoms with Gasteiger partial charge >= 0.3 is 0 Å². The molecule has 0 aromatic carbocycles. The van der Waals surface area contributed by atoms with Crippen LogP contribution in [-0.2, 0) is 10.0 Å². The maximum absolute atomic E-state index is 10.8. The molecule has 7 heteroatoms. The Bertz CT molecular complexity index is 325. The van der Waals surface area contributed by atoms with E-state index in [4.69, 9.17) is 5.14 Å². The fraction of sp³-hybridized carbons (Fsp3) is 0.900. The van der Waals surface area contributed by atoms with Crippen LogP contribution in [-0.4, -0.2) is 39.8 Å². The van der Waals surface area contributed by atoms with Gasteiger partial charge in [-0.2, -0.15) is 0 Å². The summed E-state index contributed by atoms with van der Waals surface area (Å²) < 4.78 is 21.5. The number of sulfonamides is 1. The normalized spacial score (nSPS) is 12.9.